The number of anilines is 1. The molecule has 2 aliphatic heterocycles. The average molecular weight is 623 g/mol. The topological polar surface area (TPSA) is 106 Å². The van der Waals surface area contributed by atoms with Crippen LogP contribution in [0.5, 0.6) is 5.75 Å². The highest BCUT2D eigenvalue weighted by Gasteiger charge is 2.41. The van der Waals surface area contributed by atoms with Crippen molar-refractivity contribution in [1.82, 2.24) is 14.5 Å². The standard InChI is InChI=1S/C29H30ClF3N4O6/c1-35-25-23(27(39)36(28(35)40)13-5-15-42-22-8-2-3-14-41-22)37(17-18-9-11-20(30)12-10-18)26(34-25)24(38)19-6-4-7-21(16-19)43-29(31,32)33/h4,6-7,9-12,16,22,28,40H,2-3,5,8,13-15,17H2,1H3. The van der Waals surface area contributed by atoms with E-state index in [1.165, 1.54) is 33.5 Å². The van der Waals surface area contributed by atoms with Crippen molar-refractivity contribution in [2.45, 2.75) is 51.2 Å². The SMILES string of the molecule is CN1c2nc(C(=O)c3cccc(OC(F)(F)F)c3)n(Cc3ccc(Cl)cc3)c2C(=O)N(CCCOC2CCCCO2)C1O. The van der Waals surface area contributed by atoms with Crippen LogP contribution in [-0.4, -0.2) is 77.1 Å². The molecule has 2 unspecified atom stereocenters. The maximum Gasteiger partial charge on any atom is 0.573 e. The fourth-order valence-electron chi connectivity index (χ4n) is 5.03. The first-order chi connectivity index (χ1) is 20.5. The lowest BCUT2D eigenvalue weighted by atomic mass is 10.1. The normalized spacial score (nSPS) is 19.0. The number of aliphatic hydroxyl groups excluding tert-OH is 1. The largest absolute Gasteiger partial charge is 0.573 e. The highest BCUT2D eigenvalue weighted by molar-refractivity contribution is 6.30. The summed E-state index contributed by atoms with van der Waals surface area (Å²) in [6.07, 6.45) is -3.41. The lowest BCUT2D eigenvalue weighted by Gasteiger charge is -2.38. The van der Waals surface area contributed by atoms with Crippen LogP contribution in [0.25, 0.3) is 0 Å². The third-order valence-corrected chi connectivity index (χ3v) is 7.40. The van der Waals surface area contributed by atoms with E-state index in [0.29, 0.717) is 30.2 Å². The first-order valence-electron chi connectivity index (χ1n) is 13.7. The monoisotopic (exact) mass is 622 g/mol. The Morgan fingerprint density at radius 1 is 1.19 bits per heavy atom. The molecule has 1 N–H and O–H groups in total. The van der Waals surface area contributed by atoms with Crippen molar-refractivity contribution in [2.75, 3.05) is 31.7 Å². The summed E-state index contributed by atoms with van der Waals surface area (Å²) >= 11 is 6.04. The molecule has 2 atom stereocenters. The van der Waals surface area contributed by atoms with Gasteiger partial charge < -0.3 is 28.8 Å². The smallest absolute Gasteiger partial charge is 0.406 e. The third-order valence-electron chi connectivity index (χ3n) is 7.14. The van der Waals surface area contributed by atoms with Gasteiger partial charge in [-0.2, -0.15) is 0 Å². The van der Waals surface area contributed by atoms with Crippen LogP contribution in [0, 0.1) is 0 Å². The van der Waals surface area contributed by atoms with Gasteiger partial charge in [0, 0.05) is 30.8 Å². The van der Waals surface area contributed by atoms with Crippen molar-refractivity contribution >= 4 is 29.1 Å². The molecule has 43 heavy (non-hydrogen) atoms. The fourth-order valence-corrected chi connectivity index (χ4v) is 5.16. The first-order valence-corrected chi connectivity index (χ1v) is 14.1. The van der Waals surface area contributed by atoms with Crippen molar-refractivity contribution in [3.05, 3.63) is 76.2 Å². The number of aliphatic hydroxyl groups is 1. The molecule has 0 aliphatic carbocycles. The zero-order chi connectivity index (χ0) is 30.7. The summed E-state index contributed by atoms with van der Waals surface area (Å²) in [4.78, 5) is 34.6. The van der Waals surface area contributed by atoms with Crippen LogP contribution in [0.3, 0.4) is 0 Å². The molecule has 2 aliphatic rings. The molecule has 3 heterocycles. The highest BCUT2D eigenvalue weighted by atomic mass is 35.5. The second-order valence-electron chi connectivity index (χ2n) is 10.2. The Morgan fingerprint density at radius 3 is 2.65 bits per heavy atom. The Labute approximate surface area is 250 Å². The quantitative estimate of drug-likeness (QED) is 0.254. The number of imidazole rings is 1. The number of carbonyl (C=O) groups excluding carboxylic acids is 2. The van der Waals surface area contributed by atoms with E-state index in [2.05, 4.69) is 9.72 Å². The Hall–Kier alpha value is -3.65. The number of benzene rings is 2. The molecule has 1 fully saturated rings. The van der Waals surface area contributed by atoms with Gasteiger partial charge >= 0.3 is 6.36 Å². The summed E-state index contributed by atoms with van der Waals surface area (Å²) < 4.78 is 55.2. The van der Waals surface area contributed by atoms with Crippen LogP contribution >= 0.6 is 11.6 Å². The molecule has 230 valence electrons. The van der Waals surface area contributed by atoms with E-state index < -0.39 is 30.2 Å². The van der Waals surface area contributed by atoms with Crippen LogP contribution in [0.2, 0.25) is 5.02 Å². The summed E-state index contributed by atoms with van der Waals surface area (Å²) in [5.74, 6) is -2.02. The number of aromatic nitrogens is 2. The van der Waals surface area contributed by atoms with E-state index in [1.807, 2.05) is 0 Å². The van der Waals surface area contributed by atoms with Crippen LogP contribution in [-0.2, 0) is 16.0 Å². The summed E-state index contributed by atoms with van der Waals surface area (Å²) in [7, 11) is 1.53. The molecule has 14 heteroatoms. The van der Waals surface area contributed by atoms with Crippen molar-refractivity contribution < 1.29 is 42.1 Å². The van der Waals surface area contributed by atoms with Gasteiger partial charge in [-0.1, -0.05) is 35.9 Å². The number of halogens is 4. The number of carbonyl (C=O) groups is 2. The van der Waals surface area contributed by atoms with Crippen molar-refractivity contribution in [3.63, 3.8) is 0 Å². The Kier molecular flexibility index (Phi) is 9.25. The van der Waals surface area contributed by atoms with Crippen molar-refractivity contribution in [3.8, 4) is 5.75 Å². The Bertz CT molecular complexity index is 1460. The fraction of sp³-hybridized carbons (Fsp3) is 0.414. The number of rotatable bonds is 10. The molecule has 2 aromatic carbocycles. The third kappa shape index (κ3) is 7.12. The lowest BCUT2D eigenvalue weighted by Crippen LogP contribution is -2.54. The Balaban J connectivity index is 1.46. The number of hydrogen-bond acceptors (Lipinski definition) is 8. The van der Waals surface area contributed by atoms with Crippen LogP contribution in [0.15, 0.2) is 48.5 Å². The number of ketones is 1. The van der Waals surface area contributed by atoms with Crippen LogP contribution in [0.4, 0.5) is 19.0 Å². The number of nitrogens with zero attached hydrogens (tertiary/aromatic N) is 4. The molecular formula is C29H30ClF3N4O6. The molecule has 1 saturated heterocycles. The highest BCUT2D eigenvalue weighted by Crippen LogP contribution is 2.32. The molecule has 1 aromatic heterocycles. The molecule has 0 radical (unpaired) electrons. The van der Waals surface area contributed by atoms with Gasteiger partial charge in [-0.15, -0.1) is 13.2 Å². The van der Waals surface area contributed by atoms with E-state index in [1.54, 1.807) is 24.3 Å². The van der Waals surface area contributed by atoms with Gasteiger partial charge in [-0.25, -0.2) is 4.98 Å². The van der Waals surface area contributed by atoms with Gasteiger partial charge in [0.15, 0.2) is 23.6 Å². The first kappa shape index (κ1) is 30.8. The minimum Gasteiger partial charge on any atom is -0.406 e. The molecular weight excluding hydrogens is 593 g/mol. The van der Waals surface area contributed by atoms with Gasteiger partial charge in [-0.05, 0) is 55.5 Å². The molecule has 0 bridgehead atoms. The van der Waals surface area contributed by atoms with Gasteiger partial charge in [-0.3, -0.25) is 14.5 Å². The minimum atomic E-state index is -4.95. The zero-order valence-electron chi connectivity index (χ0n) is 23.2. The van der Waals surface area contributed by atoms with Gasteiger partial charge in [0.05, 0.1) is 13.2 Å². The zero-order valence-corrected chi connectivity index (χ0v) is 24.0. The average Bonchev–Trinajstić information content (AvgIpc) is 3.35. The number of ether oxygens (including phenoxy) is 3. The summed E-state index contributed by atoms with van der Waals surface area (Å²) in [6, 6.07) is 11.4. The number of amides is 1. The molecule has 1 amide bonds. The summed E-state index contributed by atoms with van der Waals surface area (Å²) in [6.45, 7) is 1.11. The van der Waals surface area contributed by atoms with E-state index in [4.69, 9.17) is 21.1 Å². The lowest BCUT2D eigenvalue weighted by molar-refractivity contribution is -0.274. The van der Waals surface area contributed by atoms with Crippen LogP contribution < -0.4 is 9.64 Å². The second kappa shape index (κ2) is 12.9. The molecule has 10 nitrogen and oxygen atoms in total. The second-order valence-corrected chi connectivity index (χ2v) is 10.6. The van der Waals surface area contributed by atoms with E-state index in [9.17, 15) is 27.9 Å². The number of fused-ring (bicyclic) bond motifs is 1. The van der Waals surface area contributed by atoms with E-state index in [0.717, 1.165) is 31.4 Å². The molecule has 3 aromatic rings. The van der Waals surface area contributed by atoms with E-state index in [-0.39, 0.29) is 42.3 Å². The van der Waals surface area contributed by atoms with Gasteiger partial charge in [0.2, 0.25) is 12.1 Å². The number of hydrogen-bond donors (Lipinski definition) is 1. The van der Waals surface area contributed by atoms with Crippen molar-refractivity contribution in [2.24, 2.45) is 0 Å². The molecule has 0 saturated carbocycles. The predicted octanol–water partition coefficient (Wildman–Crippen LogP) is 4.82. The Morgan fingerprint density at radius 2 is 1.95 bits per heavy atom. The maximum absolute atomic E-state index is 13.9. The van der Waals surface area contributed by atoms with E-state index >= 15 is 0 Å². The van der Waals surface area contributed by atoms with Gasteiger partial charge in [0.1, 0.15) is 5.75 Å². The molecule has 0 spiro atoms. The predicted molar refractivity (Wildman–Crippen MR) is 149 cm³/mol. The molecule has 5 rings (SSSR count). The summed E-state index contributed by atoms with van der Waals surface area (Å²) in [5, 5.41) is 11.5. The van der Waals surface area contributed by atoms with Gasteiger partial charge in [0.25, 0.3) is 5.91 Å². The minimum absolute atomic E-state index is 0.0188. The number of alkyl halides is 3. The summed E-state index contributed by atoms with van der Waals surface area (Å²) in [5.41, 5.74) is 0.600. The maximum atomic E-state index is 13.9. The van der Waals surface area contributed by atoms with Crippen molar-refractivity contribution in [1.29, 1.82) is 0 Å². The van der Waals surface area contributed by atoms with Crippen LogP contribution in [0.1, 0.15) is 57.9 Å².